The van der Waals surface area contributed by atoms with E-state index in [0.29, 0.717) is 22.3 Å². The van der Waals surface area contributed by atoms with E-state index in [4.69, 9.17) is 0 Å². The van der Waals surface area contributed by atoms with Crippen molar-refractivity contribution in [2.24, 2.45) is 0 Å². The zero-order valence-corrected chi connectivity index (χ0v) is 44.4. The van der Waals surface area contributed by atoms with Crippen LogP contribution < -0.4 is 21.3 Å². The van der Waals surface area contributed by atoms with Gasteiger partial charge in [-0.25, -0.2) is 0 Å². The minimum Gasteiger partial charge on any atom is -0.322 e. The van der Waals surface area contributed by atoms with E-state index in [0.717, 1.165) is 124 Å². The van der Waals surface area contributed by atoms with Gasteiger partial charge in [0.05, 0.1) is 0 Å². The summed E-state index contributed by atoms with van der Waals surface area (Å²) in [5.74, 6) is -1.08. The lowest BCUT2D eigenvalue weighted by molar-refractivity contribution is 0.101. The van der Waals surface area contributed by atoms with Crippen molar-refractivity contribution in [1.29, 1.82) is 0 Å². The fourth-order valence-electron chi connectivity index (χ4n) is 12.4. The van der Waals surface area contributed by atoms with Crippen molar-refractivity contribution < 1.29 is 19.2 Å². The van der Waals surface area contributed by atoms with Gasteiger partial charge in [0.2, 0.25) is 0 Å². The molecular formula is C64H72N4O4. The Morgan fingerprint density at radius 1 is 0.347 bits per heavy atom. The van der Waals surface area contributed by atoms with Gasteiger partial charge in [-0.3, -0.25) is 19.2 Å². The molecule has 372 valence electrons. The van der Waals surface area contributed by atoms with Crippen LogP contribution in [0.3, 0.4) is 0 Å². The van der Waals surface area contributed by atoms with Crippen molar-refractivity contribution >= 4 is 46.4 Å². The van der Waals surface area contributed by atoms with Crippen LogP contribution in [0.25, 0.3) is 0 Å². The molecule has 18 rings (SSSR count). The Bertz CT molecular complexity index is 2900. The topological polar surface area (TPSA) is 116 Å². The van der Waals surface area contributed by atoms with Crippen molar-refractivity contribution in [3.63, 3.8) is 0 Å². The zero-order chi connectivity index (χ0) is 51.4. The lowest BCUT2D eigenvalue weighted by Gasteiger charge is -2.40. The summed E-state index contributed by atoms with van der Waals surface area (Å²) in [5, 5.41) is 13.0. The Hall–Kier alpha value is -6.80. The summed E-state index contributed by atoms with van der Waals surface area (Å²) in [7, 11) is 0. The second kappa shape index (κ2) is 19.3. The second-order valence-corrected chi connectivity index (χ2v) is 22.7. The van der Waals surface area contributed by atoms with E-state index in [1.54, 1.807) is 30.3 Å². The zero-order valence-electron chi connectivity index (χ0n) is 44.4. The summed E-state index contributed by atoms with van der Waals surface area (Å²) in [6.45, 7) is 22.8. The van der Waals surface area contributed by atoms with Gasteiger partial charge in [0.1, 0.15) is 0 Å². The predicted octanol–water partition coefficient (Wildman–Crippen LogP) is 15.3. The summed E-state index contributed by atoms with van der Waals surface area (Å²) in [4.78, 5) is 57.3. The highest BCUT2D eigenvalue weighted by Crippen LogP contribution is 2.49. The molecule has 2 aliphatic carbocycles. The van der Waals surface area contributed by atoms with Gasteiger partial charge in [0.15, 0.2) is 0 Å². The summed E-state index contributed by atoms with van der Waals surface area (Å²) < 4.78 is 0. The molecule has 0 aromatic heterocycles. The lowest BCUT2D eigenvalue weighted by atomic mass is 9.64. The van der Waals surface area contributed by atoms with Crippen LogP contribution in [0.1, 0.15) is 199 Å². The maximum absolute atomic E-state index is 14.5. The molecule has 0 unspecified atom stereocenters. The highest BCUT2D eigenvalue weighted by molar-refractivity contribution is 6.11. The van der Waals surface area contributed by atoms with E-state index < -0.39 is 0 Å². The first kappa shape index (κ1) is 50.2. The number of amides is 4. The first-order valence-corrected chi connectivity index (χ1v) is 26.2. The lowest BCUT2D eigenvalue weighted by Crippen LogP contribution is -2.31. The minimum absolute atomic E-state index is 0.261. The minimum atomic E-state index is -0.336. The average Bonchev–Trinajstić information content (AvgIpc) is 3.35. The number of carbonyl (C=O) groups excluding carboxylic acids is 4. The van der Waals surface area contributed by atoms with E-state index >= 15 is 0 Å². The third-order valence-corrected chi connectivity index (χ3v) is 16.4. The fourth-order valence-corrected chi connectivity index (χ4v) is 12.4. The van der Waals surface area contributed by atoms with Gasteiger partial charge in [0, 0.05) is 55.8 Å². The molecule has 72 heavy (non-hydrogen) atoms. The maximum atomic E-state index is 14.5. The Morgan fingerprint density at radius 3 is 0.861 bits per heavy atom. The van der Waals surface area contributed by atoms with Crippen molar-refractivity contribution in [2.45, 2.75) is 157 Å². The van der Waals surface area contributed by atoms with E-state index in [-0.39, 0.29) is 39.9 Å². The molecule has 12 bridgehead atoms. The normalized spacial score (nSPS) is 17.0. The number of aryl methyl sites for hydroxylation is 8. The molecule has 4 N–H and O–H groups in total. The van der Waals surface area contributed by atoms with Gasteiger partial charge in [-0.15, -0.1) is 0 Å². The quantitative estimate of drug-likeness (QED) is 0.121. The van der Waals surface area contributed by atoms with Crippen LogP contribution in [-0.2, 0) is 16.2 Å². The Morgan fingerprint density at radius 2 is 0.597 bits per heavy atom. The molecule has 6 aromatic carbocycles. The third-order valence-electron chi connectivity index (χ3n) is 16.4. The maximum Gasteiger partial charge on any atom is 0.255 e. The van der Waals surface area contributed by atoms with Crippen LogP contribution in [0.5, 0.6) is 0 Å². The van der Waals surface area contributed by atoms with Gasteiger partial charge < -0.3 is 21.3 Å². The molecule has 12 aliphatic rings. The Labute approximate surface area is 427 Å². The first-order chi connectivity index (χ1) is 34.2. The molecule has 4 amide bonds. The summed E-state index contributed by atoms with van der Waals surface area (Å²) in [6.07, 6.45) is 10.6. The number of hydrogen-bond donors (Lipinski definition) is 4. The smallest absolute Gasteiger partial charge is 0.255 e. The van der Waals surface area contributed by atoms with Gasteiger partial charge in [0.25, 0.3) is 23.6 Å². The van der Waals surface area contributed by atoms with Crippen LogP contribution in [-0.4, -0.2) is 23.6 Å². The Kier molecular flexibility index (Phi) is 13.5. The molecule has 0 atom stereocenters. The van der Waals surface area contributed by atoms with Gasteiger partial charge in [-0.1, -0.05) is 114 Å². The predicted molar refractivity (Wildman–Crippen MR) is 295 cm³/mol. The van der Waals surface area contributed by atoms with E-state index in [9.17, 15) is 19.2 Å². The number of benzene rings is 6. The molecule has 10 aliphatic heterocycles. The molecule has 2 saturated carbocycles. The largest absolute Gasteiger partial charge is 0.322 e. The van der Waals surface area contributed by atoms with Crippen LogP contribution in [0, 0.1) is 55.4 Å². The Balaban J connectivity index is 1.17. The van der Waals surface area contributed by atoms with E-state index in [1.165, 1.54) is 35.1 Å². The highest BCUT2D eigenvalue weighted by atomic mass is 16.2. The van der Waals surface area contributed by atoms with Crippen molar-refractivity contribution in [1.82, 2.24) is 0 Å². The number of hydrogen-bond acceptors (Lipinski definition) is 4. The summed E-state index contributed by atoms with van der Waals surface area (Å²) in [6, 6.07) is 30.4. The molecule has 8 nitrogen and oxygen atoms in total. The number of nitrogens with one attached hydrogen (secondary N) is 4. The monoisotopic (exact) mass is 961 g/mol. The molecular weight excluding hydrogens is 889 g/mol. The molecule has 0 radical (unpaired) electrons. The van der Waals surface area contributed by atoms with Crippen LogP contribution in [0.4, 0.5) is 22.7 Å². The SMILES string of the molecule is Cc1cc2cc(C)c1NC(=O)c1cccc(c1)C(=O)Nc1c(C)cc(cc1C)C1(CCCCC1)c1cc(C)c(c(C)c1)NC(=O)c1cc(cc(C(C)(C)C)c1)C(=O)Nc1c(C)cc(cc1C)C21CCCCC1. The number of rotatable bonds is 0. The molecule has 0 saturated heterocycles. The van der Waals surface area contributed by atoms with Crippen LogP contribution in [0.15, 0.2) is 91.0 Å². The van der Waals surface area contributed by atoms with Gasteiger partial charge >= 0.3 is 0 Å². The third kappa shape index (κ3) is 9.41. The summed E-state index contributed by atoms with van der Waals surface area (Å²) in [5.41, 5.74) is 17.4. The first-order valence-electron chi connectivity index (χ1n) is 26.2. The highest BCUT2D eigenvalue weighted by Gasteiger charge is 2.39. The van der Waals surface area contributed by atoms with Crippen molar-refractivity contribution in [3.8, 4) is 0 Å². The molecule has 2 fully saturated rings. The van der Waals surface area contributed by atoms with E-state index in [1.807, 2.05) is 12.1 Å². The second-order valence-electron chi connectivity index (χ2n) is 22.7. The van der Waals surface area contributed by atoms with Crippen LogP contribution in [0.2, 0.25) is 0 Å². The molecule has 2 spiro atoms. The average molecular weight is 961 g/mol. The standard InChI is InChI=1S/C64H72N4O4/c1-37-25-50-26-38(2)54(37)65-58(69)45-19-18-20-46(33-45)59(70)66-55-39(3)27-51(28-40(55)4)64(23-16-13-17-24-64)53-31-43(7)57(44(8)32-53)68-61(72)48-34-47(35-49(36-48)62(9,10)11)60(71)67-56-41(5)29-52(30-42(56)6)63(50)21-14-12-15-22-63/h18-20,25-36H,12-17,21-24H2,1-11H3,(H,65,69)(H,66,70)(H,67,71)(H,68,72). The van der Waals surface area contributed by atoms with Crippen molar-refractivity contribution in [2.75, 3.05) is 21.3 Å². The van der Waals surface area contributed by atoms with E-state index in [2.05, 4.69) is 146 Å². The van der Waals surface area contributed by atoms with Crippen molar-refractivity contribution in [3.05, 3.63) is 186 Å². The fraction of sp³-hybridized carbons (Fsp3) is 0.375. The summed E-state index contributed by atoms with van der Waals surface area (Å²) >= 11 is 0. The van der Waals surface area contributed by atoms with Gasteiger partial charge in [-0.2, -0.15) is 0 Å². The van der Waals surface area contributed by atoms with Crippen LogP contribution >= 0.6 is 0 Å². The molecule has 8 heteroatoms. The molecule has 6 aromatic rings. The van der Waals surface area contributed by atoms with Gasteiger partial charge in [-0.05, 0) is 195 Å². The number of carbonyl (C=O) groups is 4. The molecule has 10 heterocycles. The number of anilines is 4.